The molecule has 1 heterocycles. The molecular formula is C24H21N3O3S2. The Morgan fingerprint density at radius 3 is 2.62 bits per heavy atom. The molecule has 3 aromatic carbocycles. The van der Waals surface area contributed by atoms with Gasteiger partial charge in [0.15, 0.2) is 5.13 Å². The molecule has 0 radical (unpaired) electrons. The second kappa shape index (κ2) is 9.76. The summed E-state index contributed by atoms with van der Waals surface area (Å²) in [4.78, 5) is 16.8. The van der Waals surface area contributed by atoms with Gasteiger partial charge in [-0.25, -0.2) is 4.98 Å². The van der Waals surface area contributed by atoms with Crippen LogP contribution < -0.4 is 14.2 Å². The van der Waals surface area contributed by atoms with Crippen LogP contribution in [0.1, 0.15) is 21.5 Å². The highest BCUT2D eigenvalue weighted by Gasteiger charge is 2.11. The van der Waals surface area contributed by atoms with E-state index in [-0.39, 0.29) is 5.91 Å². The molecule has 0 fully saturated rings. The topological polar surface area (TPSA) is 80.3 Å². The number of amides is 1. The maximum atomic E-state index is 12.5. The first-order valence-electron chi connectivity index (χ1n) is 9.84. The minimum atomic E-state index is -1.75. The number of hydrogen-bond donors (Lipinski definition) is 2. The zero-order chi connectivity index (χ0) is 22.5. The molecule has 32 heavy (non-hydrogen) atoms. The number of rotatable bonds is 7. The van der Waals surface area contributed by atoms with Gasteiger partial charge in [0.1, 0.15) is 5.75 Å². The Morgan fingerprint density at radius 1 is 1.00 bits per heavy atom. The lowest BCUT2D eigenvalue weighted by molar-refractivity contribution is 0.102. The van der Waals surface area contributed by atoms with Crippen LogP contribution in [0.15, 0.2) is 78.2 Å². The summed E-state index contributed by atoms with van der Waals surface area (Å²) in [5.41, 5.74) is 4.68. The molecule has 4 rings (SSSR count). The number of nitrogens with one attached hydrogen (secondary N) is 2. The molecule has 1 amide bonds. The molecule has 0 aliphatic heterocycles. The summed E-state index contributed by atoms with van der Waals surface area (Å²) in [5, 5.41) is 5.19. The predicted molar refractivity (Wildman–Crippen MR) is 130 cm³/mol. The van der Waals surface area contributed by atoms with Gasteiger partial charge in [-0.15, -0.1) is 11.3 Å². The van der Waals surface area contributed by atoms with Crippen LogP contribution in [0.2, 0.25) is 0 Å². The number of thiazole rings is 1. The number of aryl methyl sites for hydroxylation is 2. The second-order valence-corrected chi connectivity index (χ2v) is 8.83. The molecule has 0 spiro atoms. The van der Waals surface area contributed by atoms with E-state index in [2.05, 4.69) is 15.0 Å². The van der Waals surface area contributed by atoms with Crippen molar-refractivity contribution >= 4 is 39.3 Å². The minimum absolute atomic E-state index is 0.207. The molecule has 2 N–H and O–H groups in total. The number of anilines is 2. The molecule has 8 heteroatoms. The Hall–Kier alpha value is -3.49. The van der Waals surface area contributed by atoms with Crippen molar-refractivity contribution in [3.63, 3.8) is 0 Å². The van der Waals surface area contributed by atoms with E-state index >= 15 is 0 Å². The highest BCUT2D eigenvalue weighted by Crippen LogP contribution is 2.28. The van der Waals surface area contributed by atoms with Gasteiger partial charge >= 0.3 is 11.3 Å². The van der Waals surface area contributed by atoms with Gasteiger partial charge < -0.3 is 4.18 Å². The highest BCUT2D eigenvalue weighted by molar-refractivity contribution is 7.82. The fourth-order valence-electron chi connectivity index (χ4n) is 2.96. The third-order valence-corrected chi connectivity index (χ3v) is 6.12. The number of carbonyl (C=O) groups excluding carboxylic acids is 1. The van der Waals surface area contributed by atoms with E-state index < -0.39 is 11.3 Å². The zero-order valence-electron chi connectivity index (χ0n) is 17.5. The summed E-state index contributed by atoms with van der Waals surface area (Å²) in [5.74, 6) is 0.367. The van der Waals surface area contributed by atoms with Crippen molar-refractivity contribution in [3.8, 4) is 17.0 Å². The van der Waals surface area contributed by atoms with Crippen LogP contribution in [-0.4, -0.2) is 15.1 Å². The van der Waals surface area contributed by atoms with E-state index in [1.807, 2.05) is 73.8 Å². The molecule has 0 aliphatic rings. The SMILES string of the molecule is Cc1ccc(C)c(OS(=O)Nc2cccc(-c3csc(NC(=O)c4ccccc4)n3)c2)c1. The van der Waals surface area contributed by atoms with Crippen LogP contribution in [0.4, 0.5) is 10.8 Å². The van der Waals surface area contributed by atoms with Gasteiger partial charge in [0.2, 0.25) is 0 Å². The molecule has 0 saturated carbocycles. The van der Waals surface area contributed by atoms with Crippen LogP contribution in [0, 0.1) is 13.8 Å². The lowest BCUT2D eigenvalue weighted by atomic mass is 10.1. The Bertz CT molecular complexity index is 1270. The summed E-state index contributed by atoms with van der Waals surface area (Å²) >= 11 is -0.410. The van der Waals surface area contributed by atoms with Gasteiger partial charge in [0.25, 0.3) is 5.91 Å². The second-order valence-electron chi connectivity index (χ2n) is 7.13. The van der Waals surface area contributed by atoms with Crippen molar-refractivity contribution in [3.05, 3.63) is 94.9 Å². The predicted octanol–water partition coefficient (Wildman–Crippen LogP) is 5.75. The molecule has 1 unspecified atom stereocenters. The molecular weight excluding hydrogens is 442 g/mol. The van der Waals surface area contributed by atoms with Crippen molar-refractivity contribution in [2.24, 2.45) is 0 Å². The van der Waals surface area contributed by atoms with E-state index in [1.165, 1.54) is 11.3 Å². The summed E-state index contributed by atoms with van der Waals surface area (Å²) in [7, 11) is 0. The molecule has 162 valence electrons. The van der Waals surface area contributed by atoms with Crippen LogP contribution in [0.3, 0.4) is 0 Å². The van der Waals surface area contributed by atoms with E-state index in [1.54, 1.807) is 18.2 Å². The Labute approximate surface area is 193 Å². The lowest BCUT2D eigenvalue weighted by Crippen LogP contribution is -2.12. The van der Waals surface area contributed by atoms with Crippen molar-refractivity contribution in [1.29, 1.82) is 0 Å². The third kappa shape index (κ3) is 5.40. The molecule has 1 aromatic heterocycles. The molecule has 1 atom stereocenters. The van der Waals surface area contributed by atoms with Gasteiger partial charge in [-0.1, -0.05) is 42.5 Å². The van der Waals surface area contributed by atoms with Crippen LogP contribution in [0.25, 0.3) is 11.3 Å². The van der Waals surface area contributed by atoms with Gasteiger partial charge in [0, 0.05) is 16.5 Å². The highest BCUT2D eigenvalue weighted by atomic mass is 32.2. The smallest absolute Gasteiger partial charge is 0.316 e. The van der Waals surface area contributed by atoms with Crippen LogP contribution in [0.5, 0.6) is 5.75 Å². The molecule has 0 saturated heterocycles. The number of benzene rings is 3. The van der Waals surface area contributed by atoms with E-state index in [0.717, 1.165) is 16.7 Å². The van der Waals surface area contributed by atoms with Gasteiger partial charge in [-0.05, 0) is 55.3 Å². The summed E-state index contributed by atoms with van der Waals surface area (Å²) in [6, 6.07) is 22.1. The van der Waals surface area contributed by atoms with Crippen molar-refractivity contribution < 1.29 is 13.2 Å². The average Bonchev–Trinajstić information content (AvgIpc) is 3.25. The molecule has 4 aromatic rings. The van der Waals surface area contributed by atoms with E-state index in [9.17, 15) is 9.00 Å². The first-order valence-corrected chi connectivity index (χ1v) is 11.8. The van der Waals surface area contributed by atoms with Gasteiger partial charge in [-0.3, -0.25) is 14.8 Å². The standard InChI is InChI=1S/C24H21N3O3S2/c1-16-11-12-17(2)22(13-16)30-32(29)27-20-10-6-9-19(14-20)21-15-31-24(25-21)26-23(28)18-7-4-3-5-8-18/h3-15,27H,1-2H3,(H,25,26,28). The van der Waals surface area contributed by atoms with Gasteiger partial charge in [0.05, 0.1) is 11.4 Å². The van der Waals surface area contributed by atoms with Crippen molar-refractivity contribution in [1.82, 2.24) is 4.98 Å². The third-order valence-electron chi connectivity index (χ3n) is 4.63. The van der Waals surface area contributed by atoms with Crippen LogP contribution >= 0.6 is 11.3 Å². The Kier molecular flexibility index (Phi) is 6.63. The normalized spacial score (nSPS) is 11.6. The van der Waals surface area contributed by atoms with Gasteiger partial charge in [-0.2, -0.15) is 4.21 Å². The quantitative estimate of drug-likeness (QED) is 0.366. The van der Waals surface area contributed by atoms with Crippen molar-refractivity contribution in [2.75, 3.05) is 10.0 Å². The largest absolute Gasteiger partial charge is 0.385 e. The first kappa shape index (κ1) is 21.7. The zero-order valence-corrected chi connectivity index (χ0v) is 19.1. The van der Waals surface area contributed by atoms with Crippen LogP contribution in [-0.2, 0) is 11.3 Å². The monoisotopic (exact) mass is 463 g/mol. The number of nitrogens with zero attached hydrogens (tertiary/aromatic N) is 1. The van der Waals surface area contributed by atoms with E-state index in [0.29, 0.717) is 27.8 Å². The number of hydrogen-bond acceptors (Lipinski definition) is 5. The maximum Gasteiger partial charge on any atom is 0.316 e. The molecule has 0 aliphatic carbocycles. The average molecular weight is 464 g/mol. The number of aromatic nitrogens is 1. The fourth-order valence-corrected chi connectivity index (χ4v) is 4.38. The summed E-state index contributed by atoms with van der Waals surface area (Å²) in [6.45, 7) is 3.86. The molecule has 6 nitrogen and oxygen atoms in total. The fraction of sp³-hybridized carbons (Fsp3) is 0.0833. The Balaban J connectivity index is 1.43. The first-order chi connectivity index (χ1) is 15.5. The van der Waals surface area contributed by atoms with E-state index in [4.69, 9.17) is 4.18 Å². The molecule has 0 bridgehead atoms. The number of carbonyl (C=O) groups is 1. The van der Waals surface area contributed by atoms with Crippen molar-refractivity contribution in [2.45, 2.75) is 13.8 Å². The maximum absolute atomic E-state index is 12.5. The summed E-state index contributed by atoms with van der Waals surface area (Å²) < 4.78 is 20.9. The summed E-state index contributed by atoms with van der Waals surface area (Å²) in [6.07, 6.45) is 0. The minimum Gasteiger partial charge on any atom is -0.385 e. The Morgan fingerprint density at radius 2 is 1.81 bits per heavy atom. The lowest BCUT2D eigenvalue weighted by Gasteiger charge is -2.10.